The van der Waals surface area contributed by atoms with Crippen LogP contribution in [-0.4, -0.2) is 26.1 Å². The molecule has 0 aliphatic carbocycles. The summed E-state index contributed by atoms with van der Waals surface area (Å²) in [6.07, 6.45) is 4.53. The molecule has 0 fully saturated rings. The summed E-state index contributed by atoms with van der Waals surface area (Å²) >= 11 is 1.55. The number of pyridine rings is 1. The molecule has 0 bridgehead atoms. The summed E-state index contributed by atoms with van der Waals surface area (Å²) in [4.78, 5) is 21.2. The zero-order chi connectivity index (χ0) is 16.8. The van der Waals surface area contributed by atoms with Gasteiger partial charge in [0.1, 0.15) is 0 Å². The van der Waals surface area contributed by atoms with Crippen molar-refractivity contribution in [2.24, 2.45) is 0 Å². The number of carbonyl (C=O) groups is 1. The van der Waals surface area contributed by atoms with Crippen LogP contribution in [0.4, 0.5) is 5.69 Å². The number of thiophene rings is 1. The summed E-state index contributed by atoms with van der Waals surface area (Å²) in [5, 5.41) is 17.9. The minimum absolute atomic E-state index is 0.143. The van der Waals surface area contributed by atoms with Gasteiger partial charge in [-0.2, -0.15) is 4.98 Å². The molecule has 7 nitrogen and oxygen atoms in total. The number of aromatic nitrogens is 3. The summed E-state index contributed by atoms with van der Waals surface area (Å²) < 4.78 is 5.20. The Morgan fingerprint density at radius 2 is 2.29 bits per heavy atom. The van der Waals surface area contributed by atoms with Crippen molar-refractivity contribution in [1.29, 1.82) is 0 Å². The van der Waals surface area contributed by atoms with Crippen LogP contribution >= 0.6 is 11.3 Å². The molecule has 3 heterocycles. The summed E-state index contributed by atoms with van der Waals surface area (Å²) in [5.41, 5.74) is 1.17. The van der Waals surface area contributed by atoms with Gasteiger partial charge in [-0.05, 0) is 23.9 Å². The third-order valence-corrected chi connectivity index (χ3v) is 4.23. The number of carbonyl (C=O) groups excluding carboxylic acids is 1. The molecule has 3 aromatic heterocycles. The van der Waals surface area contributed by atoms with Crippen molar-refractivity contribution in [3.05, 3.63) is 47.4 Å². The summed E-state index contributed by atoms with van der Waals surface area (Å²) in [6.45, 7) is -0.147. The highest BCUT2D eigenvalue weighted by Crippen LogP contribution is 2.21. The lowest BCUT2D eigenvalue weighted by atomic mass is 10.2. The van der Waals surface area contributed by atoms with Gasteiger partial charge in [-0.15, -0.1) is 11.3 Å². The topological polar surface area (TPSA) is 101 Å². The molecule has 0 unspecified atom stereocenters. The van der Waals surface area contributed by atoms with Gasteiger partial charge in [0, 0.05) is 24.6 Å². The zero-order valence-corrected chi connectivity index (χ0v) is 13.6. The van der Waals surface area contributed by atoms with Gasteiger partial charge < -0.3 is 14.9 Å². The first-order valence-electron chi connectivity index (χ1n) is 7.46. The number of hydrogen-bond acceptors (Lipinski definition) is 7. The van der Waals surface area contributed by atoms with Gasteiger partial charge in [-0.25, -0.2) is 0 Å². The van der Waals surface area contributed by atoms with Crippen LogP contribution in [0.25, 0.3) is 10.7 Å². The lowest BCUT2D eigenvalue weighted by Crippen LogP contribution is -2.13. The first-order chi connectivity index (χ1) is 11.8. The van der Waals surface area contributed by atoms with Crippen LogP contribution in [0.1, 0.15) is 24.3 Å². The molecule has 124 valence electrons. The van der Waals surface area contributed by atoms with E-state index in [4.69, 9.17) is 4.52 Å². The van der Waals surface area contributed by atoms with Gasteiger partial charge in [-0.1, -0.05) is 11.2 Å². The predicted molar refractivity (Wildman–Crippen MR) is 89.3 cm³/mol. The third kappa shape index (κ3) is 4.03. The van der Waals surface area contributed by atoms with E-state index in [0.717, 1.165) is 4.88 Å². The first-order valence-corrected chi connectivity index (χ1v) is 8.34. The van der Waals surface area contributed by atoms with Crippen molar-refractivity contribution >= 4 is 22.9 Å². The van der Waals surface area contributed by atoms with Crippen molar-refractivity contribution in [2.45, 2.75) is 25.9 Å². The van der Waals surface area contributed by atoms with Crippen LogP contribution in [0.2, 0.25) is 0 Å². The van der Waals surface area contributed by atoms with E-state index in [0.29, 0.717) is 42.2 Å². The van der Waals surface area contributed by atoms with E-state index in [-0.39, 0.29) is 12.5 Å². The molecule has 8 heteroatoms. The number of aliphatic hydroxyl groups excluding tert-OH is 1. The third-order valence-electron chi connectivity index (χ3n) is 3.36. The second-order valence-electron chi connectivity index (χ2n) is 5.08. The normalized spacial score (nSPS) is 10.7. The van der Waals surface area contributed by atoms with Crippen LogP contribution in [0, 0.1) is 0 Å². The largest absolute Gasteiger partial charge is 0.392 e. The number of nitrogens with one attached hydrogen (secondary N) is 1. The molecule has 24 heavy (non-hydrogen) atoms. The van der Waals surface area contributed by atoms with Crippen molar-refractivity contribution in [1.82, 2.24) is 15.1 Å². The van der Waals surface area contributed by atoms with Crippen molar-refractivity contribution < 1.29 is 14.4 Å². The molecule has 0 aliphatic heterocycles. The fourth-order valence-electron chi connectivity index (χ4n) is 2.15. The highest BCUT2D eigenvalue weighted by molar-refractivity contribution is 7.13. The number of anilines is 1. The fourth-order valence-corrected chi connectivity index (χ4v) is 2.80. The molecule has 2 N–H and O–H groups in total. The number of hydrogen-bond donors (Lipinski definition) is 2. The van der Waals surface area contributed by atoms with Gasteiger partial charge in [0.2, 0.25) is 17.6 Å². The van der Waals surface area contributed by atoms with Crippen LogP contribution in [-0.2, 0) is 17.8 Å². The van der Waals surface area contributed by atoms with E-state index in [1.165, 1.54) is 6.20 Å². The Labute approximate surface area is 142 Å². The number of aliphatic hydroxyl groups is 1. The van der Waals surface area contributed by atoms with Gasteiger partial charge in [0.25, 0.3) is 0 Å². The smallest absolute Gasteiger partial charge is 0.226 e. The summed E-state index contributed by atoms with van der Waals surface area (Å²) in [7, 11) is 0. The second kappa shape index (κ2) is 7.80. The maximum Gasteiger partial charge on any atom is 0.226 e. The lowest BCUT2D eigenvalue weighted by Gasteiger charge is -2.08. The maximum atomic E-state index is 12.0. The average molecular weight is 344 g/mol. The zero-order valence-electron chi connectivity index (χ0n) is 12.8. The molecule has 3 aromatic rings. The number of rotatable bonds is 7. The monoisotopic (exact) mass is 344 g/mol. The minimum Gasteiger partial charge on any atom is -0.392 e. The van der Waals surface area contributed by atoms with Crippen molar-refractivity contribution in [3.8, 4) is 10.7 Å². The number of amides is 1. The Hall–Kier alpha value is -2.58. The number of aryl methyl sites for hydroxylation is 1. The Balaban J connectivity index is 1.49. The van der Waals surface area contributed by atoms with Crippen molar-refractivity contribution in [3.63, 3.8) is 0 Å². The summed E-state index contributed by atoms with van der Waals surface area (Å²) in [5.74, 6) is 0.951. The van der Waals surface area contributed by atoms with E-state index >= 15 is 0 Å². The fraction of sp³-hybridized carbons (Fsp3) is 0.250. The Kier molecular flexibility index (Phi) is 5.29. The van der Waals surface area contributed by atoms with Crippen LogP contribution in [0.5, 0.6) is 0 Å². The quantitative estimate of drug-likeness (QED) is 0.683. The van der Waals surface area contributed by atoms with Crippen LogP contribution < -0.4 is 5.32 Å². The molecular weight excluding hydrogens is 328 g/mol. The van der Waals surface area contributed by atoms with Gasteiger partial charge >= 0.3 is 0 Å². The van der Waals surface area contributed by atoms with E-state index in [9.17, 15) is 9.90 Å². The van der Waals surface area contributed by atoms with E-state index in [1.54, 1.807) is 23.6 Å². The molecule has 0 atom stereocenters. The van der Waals surface area contributed by atoms with E-state index in [1.807, 2.05) is 17.5 Å². The summed E-state index contributed by atoms with van der Waals surface area (Å²) in [6, 6.07) is 5.53. The van der Waals surface area contributed by atoms with E-state index in [2.05, 4.69) is 20.4 Å². The maximum absolute atomic E-state index is 12.0. The molecular formula is C16H16N4O3S. The Bertz CT molecular complexity index is 801. The highest BCUT2D eigenvalue weighted by Gasteiger charge is 2.11. The molecule has 1 amide bonds. The SMILES string of the molecule is O=C(CCCc1nc(-c2cccs2)no1)Nc1cnccc1CO. The standard InChI is InChI=1S/C16H16N4O3S/c21-10-11-6-7-17-9-12(11)18-14(22)4-1-5-15-19-16(20-23-15)13-3-2-8-24-13/h2-3,6-9,21H,1,4-5,10H2,(H,18,22). The highest BCUT2D eigenvalue weighted by atomic mass is 32.1. The number of nitrogens with zero attached hydrogens (tertiary/aromatic N) is 3. The molecule has 0 saturated carbocycles. The molecule has 0 saturated heterocycles. The van der Waals surface area contributed by atoms with Crippen molar-refractivity contribution in [2.75, 3.05) is 5.32 Å². The van der Waals surface area contributed by atoms with Gasteiger partial charge in [0.05, 0.1) is 23.4 Å². The van der Waals surface area contributed by atoms with Gasteiger partial charge in [-0.3, -0.25) is 9.78 Å². The average Bonchev–Trinajstić information content (AvgIpc) is 3.26. The van der Waals surface area contributed by atoms with Gasteiger partial charge in [0.15, 0.2) is 0 Å². The Morgan fingerprint density at radius 3 is 3.08 bits per heavy atom. The van der Waals surface area contributed by atoms with Crippen LogP contribution in [0.15, 0.2) is 40.5 Å². The lowest BCUT2D eigenvalue weighted by molar-refractivity contribution is -0.116. The minimum atomic E-state index is -0.147. The molecule has 0 aromatic carbocycles. The predicted octanol–water partition coefficient (Wildman–Crippen LogP) is 2.65. The molecule has 3 rings (SSSR count). The van der Waals surface area contributed by atoms with Crippen LogP contribution in [0.3, 0.4) is 0 Å². The van der Waals surface area contributed by atoms with E-state index < -0.39 is 0 Å². The Morgan fingerprint density at radius 1 is 1.38 bits per heavy atom. The molecule has 0 aliphatic rings. The molecule has 0 radical (unpaired) electrons. The first kappa shape index (κ1) is 16.3. The molecule has 0 spiro atoms. The second-order valence-corrected chi connectivity index (χ2v) is 6.03.